The minimum atomic E-state index is -2.54. The first kappa shape index (κ1) is 20.0. The van der Waals surface area contributed by atoms with Crippen molar-refractivity contribution in [3.63, 3.8) is 0 Å². The number of aliphatic hydroxyl groups is 1. The minimum Gasteiger partial charge on any atom is -0.405 e. The van der Waals surface area contributed by atoms with Gasteiger partial charge in [-0.2, -0.15) is 0 Å². The molecule has 1 aliphatic heterocycles. The lowest BCUT2D eigenvalue weighted by atomic mass is 10.1. The summed E-state index contributed by atoms with van der Waals surface area (Å²) in [5.74, 6) is 0. The van der Waals surface area contributed by atoms with E-state index in [1.54, 1.807) is 6.08 Å². The van der Waals surface area contributed by atoms with Gasteiger partial charge < -0.3 is 14.3 Å². The monoisotopic (exact) mass is 382 g/mol. The maximum Gasteiger partial charge on any atom is 0.261 e. The van der Waals surface area contributed by atoms with Gasteiger partial charge in [0.05, 0.1) is 12.7 Å². The van der Waals surface area contributed by atoms with Gasteiger partial charge in [0.15, 0.2) is 0 Å². The van der Waals surface area contributed by atoms with Crippen molar-refractivity contribution in [1.29, 1.82) is 0 Å². The second-order valence-corrected chi connectivity index (χ2v) is 12.5. The van der Waals surface area contributed by atoms with E-state index in [1.165, 1.54) is 10.4 Å². The fourth-order valence-corrected chi connectivity index (χ4v) is 8.47. The van der Waals surface area contributed by atoms with Crippen molar-refractivity contribution in [2.75, 3.05) is 6.61 Å². The van der Waals surface area contributed by atoms with Crippen LogP contribution < -0.4 is 10.4 Å². The average molecular weight is 383 g/mol. The third-order valence-electron chi connectivity index (χ3n) is 5.29. The van der Waals surface area contributed by atoms with Gasteiger partial charge in [0.1, 0.15) is 12.2 Å². The molecule has 1 fully saturated rings. The van der Waals surface area contributed by atoms with E-state index in [0.29, 0.717) is 13.0 Å². The molecule has 0 amide bonds. The van der Waals surface area contributed by atoms with Crippen LogP contribution >= 0.6 is 0 Å². The molecule has 1 saturated heterocycles. The molecule has 3 atom stereocenters. The van der Waals surface area contributed by atoms with E-state index < -0.39 is 14.4 Å². The van der Waals surface area contributed by atoms with Crippen LogP contribution in [0.4, 0.5) is 0 Å². The Labute approximate surface area is 163 Å². The van der Waals surface area contributed by atoms with Gasteiger partial charge in [0.25, 0.3) is 8.32 Å². The lowest BCUT2D eigenvalue weighted by Crippen LogP contribution is -2.66. The highest BCUT2D eigenvalue weighted by Crippen LogP contribution is 2.38. The minimum absolute atomic E-state index is 0.0541. The molecule has 0 aliphatic carbocycles. The predicted molar refractivity (Wildman–Crippen MR) is 113 cm³/mol. The van der Waals surface area contributed by atoms with E-state index in [-0.39, 0.29) is 17.2 Å². The van der Waals surface area contributed by atoms with Crippen molar-refractivity contribution >= 4 is 18.7 Å². The molecule has 1 aliphatic rings. The van der Waals surface area contributed by atoms with Crippen molar-refractivity contribution in [3.05, 3.63) is 73.3 Å². The zero-order chi connectivity index (χ0) is 19.5. The molecule has 1 N–H and O–H groups in total. The molecule has 2 aromatic carbocycles. The van der Waals surface area contributed by atoms with Crippen LogP contribution in [0.2, 0.25) is 5.04 Å². The molecule has 4 heteroatoms. The number of ether oxygens (including phenoxy) is 1. The number of rotatable bonds is 8. The third kappa shape index (κ3) is 4.09. The molecule has 27 heavy (non-hydrogen) atoms. The molecule has 3 rings (SSSR count). The number of benzene rings is 2. The van der Waals surface area contributed by atoms with Crippen LogP contribution in [-0.2, 0) is 9.16 Å². The van der Waals surface area contributed by atoms with Crippen molar-refractivity contribution in [1.82, 2.24) is 0 Å². The van der Waals surface area contributed by atoms with Gasteiger partial charge in [0, 0.05) is 0 Å². The Kier molecular flexibility index (Phi) is 6.01. The molecule has 3 nitrogen and oxygen atoms in total. The number of epoxide rings is 1. The van der Waals surface area contributed by atoms with Gasteiger partial charge in [-0.25, -0.2) is 0 Å². The summed E-state index contributed by atoms with van der Waals surface area (Å²) in [5.41, 5.74) is 0. The van der Waals surface area contributed by atoms with Crippen LogP contribution in [-0.4, -0.2) is 38.3 Å². The Balaban J connectivity index is 1.92. The lowest BCUT2D eigenvalue weighted by molar-refractivity contribution is 0.138. The summed E-state index contributed by atoms with van der Waals surface area (Å²) >= 11 is 0. The van der Waals surface area contributed by atoms with Gasteiger partial charge >= 0.3 is 0 Å². The van der Waals surface area contributed by atoms with Crippen LogP contribution in [0.25, 0.3) is 0 Å². The molecule has 0 spiro atoms. The molecular weight excluding hydrogens is 352 g/mol. The Morgan fingerprint density at radius 1 is 1.07 bits per heavy atom. The van der Waals surface area contributed by atoms with Crippen LogP contribution in [0.15, 0.2) is 73.3 Å². The number of hydrogen-bond acceptors (Lipinski definition) is 3. The highest BCUT2D eigenvalue weighted by atomic mass is 28.4. The first-order valence-corrected chi connectivity index (χ1v) is 11.5. The van der Waals surface area contributed by atoms with Crippen LogP contribution in [0.5, 0.6) is 0 Å². The van der Waals surface area contributed by atoms with Crippen molar-refractivity contribution in [2.45, 2.75) is 50.5 Å². The largest absolute Gasteiger partial charge is 0.405 e. The molecule has 0 unspecified atom stereocenters. The van der Waals surface area contributed by atoms with Crippen molar-refractivity contribution in [3.8, 4) is 0 Å². The third-order valence-corrected chi connectivity index (χ3v) is 10.3. The van der Waals surface area contributed by atoms with Crippen molar-refractivity contribution < 1.29 is 14.3 Å². The maximum absolute atomic E-state index is 10.1. The summed E-state index contributed by atoms with van der Waals surface area (Å²) in [7, 11) is -2.54. The molecular formula is C23H30O3Si. The summed E-state index contributed by atoms with van der Waals surface area (Å²) in [6.07, 6.45) is 1.56. The van der Waals surface area contributed by atoms with E-state index in [0.717, 1.165) is 0 Å². The highest BCUT2D eigenvalue weighted by molar-refractivity contribution is 6.99. The lowest BCUT2D eigenvalue weighted by Gasteiger charge is -2.43. The Morgan fingerprint density at radius 3 is 2.04 bits per heavy atom. The van der Waals surface area contributed by atoms with Gasteiger partial charge in [0.2, 0.25) is 0 Å². The fraction of sp³-hybridized carbons (Fsp3) is 0.391. The van der Waals surface area contributed by atoms with Gasteiger partial charge in [-0.15, -0.1) is 6.58 Å². The summed E-state index contributed by atoms with van der Waals surface area (Å²) in [6.45, 7) is 11.0. The van der Waals surface area contributed by atoms with Crippen molar-refractivity contribution in [2.24, 2.45) is 0 Å². The Morgan fingerprint density at radius 2 is 1.59 bits per heavy atom. The van der Waals surface area contributed by atoms with E-state index in [4.69, 9.17) is 9.16 Å². The molecule has 2 aromatic rings. The molecule has 0 bridgehead atoms. The van der Waals surface area contributed by atoms with E-state index in [2.05, 4.69) is 75.9 Å². The second-order valence-electron chi connectivity index (χ2n) is 8.21. The number of hydrogen-bond donors (Lipinski definition) is 1. The standard InChI is InChI=1S/C23H30O3Si/c1-5-12-20(24)22-21(26-22)17-25-27(23(2,3)4,18-13-8-6-9-14-18)19-15-10-7-11-16-19/h5-11,13-16,20-22,24H,1,12,17H2,2-4H3/t20-,21+,22+/m1/s1. The quantitative estimate of drug-likeness (QED) is 0.433. The fourth-order valence-electron chi connectivity index (χ4n) is 3.90. The molecule has 0 saturated carbocycles. The first-order chi connectivity index (χ1) is 12.9. The first-order valence-electron chi connectivity index (χ1n) is 9.59. The summed E-state index contributed by atoms with van der Waals surface area (Å²) in [6, 6.07) is 21.1. The van der Waals surface area contributed by atoms with Gasteiger partial charge in [-0.05, 0) is 21.8 Å². The second kappa shape index (κ2) is 8.11. The SMILES string of the molecule is C=CC[C@@H](O)[C@@H]1O[C@H]1CO[Si](c1ccccc1)(c1ccccc1)C(C)(C)C. The van der Waals surface area contributed by atoms with Crippen LogP contribution in [0.3, 0.4) is 0 Å². The summed E-state index contributed by atoms with van der Waals surface area (Å²) < 4.78 is 12.5. The zero-order valence-corrected chi connectivity index (χ0v) is 17.5. The number of aliphatic hydroxyl groups excluding tert-OH is 1. The summed E-state index contributed by atoms with van der Waals surface area (Å²) in [5, 5.41) is 12.6. The Hall–Kier alpha value is -1.72. The summed E-state index contributed by atoms with van der Waals surface area (Å²) in [4.78, 5) is 0. The predicted octanol–water partition coefficient (Wildman–Crippen LogP) is 3.27. The van der Waals surface area contributed by atoms with Gasteiger partial charge in [-0.3, -0.25) is 0 Å². The topological polar surface area (TPSA) is 42.0 Å². The molecule has 1 heterocycles. The molecule has 0 aromatic heterocycles. The van der Waals surface area contributed by atoms with Gasteiger partial charge in [-0.1, -0.05) is 87.5 Å². The van der Waals surface area contributed by atoms with E-state index in [1.807, 2.05) is 12.1 Å². The van der Waals surface area contributed by atoms with Crippen LogP contribution in [0.1, 0.15) is 27.2 Å². The molecule has 144 valence electrons. The maximum atomic E-state index is 10.1. The van der Waals surface area contributed by atoms with E-state index in [9.17, 15) is 5.11 Å². The Bertz CT molecular complexity index is 700. The van der Waals surface area contributed by atoms with Crippen LogP contribution in [0, 0.1) is 0 Å². The molecule has 0 radical (unpaired) electrons. The smallest absolute Gasteiger partial charge is 0.261 e. The zero-order valence-electron chi connectivity index (χ0n) is 16.5. The average Bonchev–Trinajstić information content (AvgIpc) is 3.43. The van der Waals surface area contributed by atoms with E-state index >= 15 is 0 Å². The normalized spacial score (nSPS) is 20.9. The highest BCUT2D eigenvalue weighted by Gasteiger charge is 2.52.